The molecule has 0 amide bonds. The normalized spacial score (nSPS) is 11.4. The topological polar surface area (TPSA) is 45.5 Å². The Bertz CT molecular complexity index is 767. The molecular weight excluding hydrogens is 324 g/mol. The first-order chi connectivity index (χ1) is 9.22. The minimum absolute atomic E-state index is 0.214. The van der Waals surface area contributed by atoms with Gasteiger partial charge in [-0.3, -0.25) is 4.99 Å². The smallest absolute Gasteiger partial charge is 0.124 e. The van der Waals surface area contributed by atoms with E-state index < -0.39 is 0 Å². The molecule has 1 heterocycles. The lowest BCUT2D eigenvalue weighted by molar-refractivity contribution is 0.474. The molecule has 0 fully saturated rings. The molecule has 5 heteroatoms. The number of aliphatic imine (C=N–C) groups is 1. The van der Waals surface area contributed by atoms with Crippen LogP contribution in [0.25, 0.3) is 10.2 Å². The Kier molecular flexibility index (Phi) is 3.31. The summed E-state index contributed by atoms with van der Waals surface area (Å²) in [6, 6.07) is 11.1. The molecule has 1 aromatic heterocycles. The Morgan fingerprint density at radius 1 is 1.21 bits per heavy atom. The molecule has 3 nitrogen and oxygen atoms in total. The Balaban J connectivity index is 1.95. The second kappa shape index (κ2) is 5.11. The van der Waals surface area contributed by atoms with E-state index >= 15 is 0 Å². The van der Waals surface area contributed by atoms with Crippen molar-refractivity contribution in [2.75, 3.05) is 0 Å². The van der Waals surface area contributed by atoms with E-state index in [0.717, 1.165) is 20.4 Å². The standard InChI is InChI=1S/C14H9BrN2OS/c15-10-1-4-13(18)9(5-10)7-16-11-2-3-12-14(6-11)19-8-17-12/h1-8,18H. The van der Waals surface area contributed by atoms with Crippen LogP contribution in [-0.4, -0.2) is 16.3 Å². The third-order valence-corrected chi connectivity index (χ3v) is 3.94. The van der Waals surface area contributed by atoms with Crippen molar-refractivity contribution in [2.24, 2.45) is 4.99 Å². The van der Waals surface area contributed by atoms with Crippen LogP contribution in [0, 0.1) is 0 Å². The largest absolute Gasteiger partial charge is 0.507 e. The van der Waals surface area contributed by atoms with Crippen LogP contribution in [0.4, 0.5) is 5.69 Å². The third-order valence-electron chi connectivity index (χ3n) is 2.66. The molecule has 0 atom stereocenters. The summed E-state index contributed by atoms with van der Waals surface area (Å²) < 4.78 is 2.01. The van der Waals surface area contributed by atoms with Crippen LogP contribution in [0.5, 0.6) is 5.75 Å². The first kappa shape index (κ1) is 12.3. The zero-order chi connectivity index (χ0) is 13.2. The van der Waals surface area contributed by atoms with Gasteiger partial charge in [0.25, 0.3) is 0 Å². The van der Waals surface area contributed by atoms with Crippen molar-refractivity contribution in [2.45, 2.75) is 0 Å². The van der Waals surface area contributed by atoms with E-state index in [1.165, 1.54) is 0 Å². The van der Waals surface area contributed by atoms with Crippen LogP contribution in [0.1, 0.15) is 5.56 Å². The summed E-state index contributed by atoms with van der Waals surface area (Å²) in [4.78, 5) is 8.61. The van der Waals surface area contributed by atoms with E-state index in [9.17, 15) is 5.11 Å². The number of fused-ring (bicyclic) bond motifs is 1. The second-order valence-electron chi connectivity index (χ2n) is 3.97. The predicted octanol–water partition coefficient (Wildman–Crippen LogP) is 4.52. The highest BCUT2D eigenvalue weighted by Crippen LogP contribution is 2.25. The quantitative estimate of drug-likeness (QED) is 0.701. The van der Waals surface area contributed by atoms with E-state index in [1.807, 2.05) is 29.8 Å². The van der Waals surface area contributed by atoms with Crippen molar-refractivity contribution in [3.8, 4) is 5.75 Å². The van der Waals surface area contributed by atoms with Crippen LogP contribution in [-0.2, 0) is 0 Å². The van der Waals surface area contributed by atoms with Crippen LogP contribution in [0.2, 0.25) is 0 Å². The molecule has 0 unspecified atom stereocenters. The molecule has 94 valence electrons. The Hall–Kier alpha value is -1.72. The number of thiazole rings is 1. The average molecular weight is 333 g/mol. The SMILES string of the molecule is Oc1ccc(Br)cc1C=Nc1ccc2ncsc2c1. The van der Waals surface area contributed by atoms with E-state index in [-0.39, 0.29) is 5.75 Å². The van der Waals surface area contributed by atoms with Gasteiger partial charge < -0.3 is 5.11 Å². The van der Waals surface area contributed by atoms with Gasteiger partial charge in [0.2, 0.25) is 0 Å². The van der Waals surface area contributed by atoms with Gasteiger partial charge in [0, 0.05) is 16.3 Å². The van der Waals surface area contributed by atoms with Gasteiger partial charge in [-0.1, -0.05) is 15.9 Å². The zero-order valence-electron chi connectivity index (χ0n) is 9.75. The molecule has 0 spiro atoms. The molecule has 0 radical (unpaired) electrons. The lowest BCUT2D eigenvalue weighted by Crippen LogP contribution is -1.82. The molecule has 1 N–H and O–H groups in total. The van der Waals surface area contributed by atoms with E-state index in [1.54, 1.807) is 29.7 Å². The summed E-state index contributed by atoms with van der Waals surface area (Å²) in [5.41, 5.74) is 4.32. The van der Waals surface area contributed by atoms with Crippen molar-refractivity contribution < 1.29 is 5.11 Å². The summed E-state index contributed by atoms with van der Waals surface area (Å²) in [6.07, 6.45) is 1.66. The van der Waals surface area contributed by atoms with Crippen molar-refractivity contribution in [1.29, 1.82) is 0 Å². The minimum atomic E-state index is 0.214. The maximum atomic E-state index is 9.73. The van der Waals surface area contributed by atoms with Gasteiger partial charge in [-0.2, -0.15) is 0 Å². The molecule has 19 heavy (non-hydrogen) atoms. The summed E-state index contributed by atoms with van der Waals surface area (Å²) >= 11 is 4.96. The molecule has 2 aromatic carbocycles. The second-order valence-corrected chi connectivity index (χ2v) is 5.77. The third kappa shape index (κ3) is 2.67. The average Bonchev–Trinajstić information content (AvgIpc) is 2.87. The number of rotatable bonds is 2. The fourth-order valence-corrected chi connectivity index (χ4v) is 2.79. The Morgan fingerprint density at radius 2 is 2.11 bits per heavy atom. The highest BCUT2D eigenvalue weighted by molar-refractivity contribution is 9.10. The molecule has 0 bridgehead atoms. The summed E-state index contributed by atoms with van der Waals surface area (Å²) in [7, 11) is 0. The van der Waals surface area contributed by atoms with Crippen molar-refractivity contribution in [3.05, 3.63) is 51.9 Å². The Labute approximate surface area is 122 Å². The summed E-state index contributed by atoms with van der Waals surface area (Å²) in [6.45, 7) is 0. The number of aromatic nitrogens is 1. The van der Waals surface area contributed by atoms with Crippen molar-refractivity contribution in [1.82, 2.24) is 4.98 Å². The zero-order valence-corrected chi connectivity index (χ0v) is 12.1. The molecule has 0 saturated heterocycles. The van der Waals surface area contributed by atoms with E-state index in [2.05, 4.69) is 25.9 Å². The van der Waals surface area contributed by atoms with E-state index in [4.69, 9.17) is 0 Å². The first-order valence-electron chi connectivity index (χ1n) is 5.58. The fraction of sp³-hybridized carbons (Fsp3) is 0. The lowest BCUT2D eigenvalue weighted by atomic mass is 10.2. The first-order valence-corrected chi connectivity index (χ1v) is 7.25. The number of hydrogen-bond donors (Lipinski definition) is 1. The predicted molar refractivity (Wildman–Crippen MR) is 82.7 cm³/mol. The lowest BCUT2D eigenvalue weighted by Gasteiger charge is -1.99. The van der Waals surface area contributed by atoms with Crippen molar-refractivity contribution in [3.63, 3.8) is 0 Å². The van der Waals surface area contributed by atoms with Gasteiger partial charge in [-0.25, -0.2) is 4.98 Å². The molecular formula is C14H9BrN2OS. The number of halogens is 1. The van der Waals surface area contributed by atoms with Gasteiger partial charge in [0.1, 0.15) is 5.75 Å². The molecule has 0 aliphatic carbocycles. The van der Waals surface area contributed by atoms with Gasteiger partial charge in [-0.05, 0) is 36.4 Å². The number of hydrogen-bond acceptors (Lipinski definition) is 4. The summed E-state index contributed by atoms with van der Waals surface area (Å²) in [5.74, 6) is 0.214. The van der Waals surface area contributed by atoms with Crippen LogP contribution >= 0.6 is 27.3 Å². The molecule has 0 aliphatic heterocycles. The van der Waals surface area contributed by atoms with Gasteiger partial charge in [0.15, 0.2) is 0 Å². The monoisotopic (exact) mass is 332 g/mol. The number of nitrogens with zero attached hydrogens (tertiary/aromatic N) is 2. The highest BCUT2D eigenvalue weighted by Gasteiger charge is 2.00. The molecule has 3 aromatic rings. The molecule has 3 rings (SSSR count). The van der Waals surface area contributed by atoms with Crippen molar-refractivity contribution >= 4 is 49.4 Å². The van der Waals surface area contributed by atoms with Gasteiger partial charge in [0.05, 0.1) is 21.4 Å². The molecule has 0 aliphatic rings. The van der Waals surface area contributed by atoms with Crippen LogP contribution in [0.3, 0.4) is 0 Å². The Morgan fingerprint density at radius 3 is 3.00 bits per heavy atom. The number of benzene rings is 2. The number of aromatic hydroxyl groups is 1. The maximum Gasteiger partial charge on any atom is 0.124 e. The fourth-order valence-electron chi connectivity index (χ4n) is 1.70. The minimum Gasteiger partial charge on any atom is -0.507 e. The van der Waals surface area contributed by atoms with Crippen LogP contribution < -0.4 is 0 Å². The highest BCUT2D eigenvalue weighted by atomic mass is 79.9. The molecule has 0 saturated carbocycles. The van der Waals surface area contributed by atoms with E-state index in [0.29, 0.717) is 5.56 Å². The number of phenols is 1. The summed E-state index contributed by atoms with van der Waals surface area (Å²) in [5, 5.41) is 9.73. The van der Waals surface area contributed by atoms with Crippen LogP contribution in [0.15, 0.2) is 51.4 Å². The van der Waals surface area contributed by atoms with Gasteiger partial charge in [-0.15, -0.1) is 11.3 Å². The van der Waals surface area contributed by atoms with Gasteiger partial charge >= 0.3 is 0 Å². The maximum absolute atomic E-state index is 9.73. The number of phenolic OH excluding ortho intramolecular Hbond substituents is 1.